The molecule has 3 rings (SSSR count). The van der Waals surface area contributed by atoms with E-state index in [0.717, 1.165) is 19.0 Å². The monoisotopic (exact) mass is 396 g/mol. The van der Waals surface area contributed by atoms with E-state index in [0.29, 0.717) is 18.8 Å². The average molecular weight is 396 g/mol. The molecule has 7 nitrogen and oxygen atoms in total. The zero-order valence-corrected chi connectivity index (χ0v) is 17.0. The largest absolute Gasteiger partial charge is 0.383 e. The number of carbonyl (C=O) groups excluding carboxylic acids is 2. The van der Waals surface area contributed by atoms with Gasteiger partial charge in [-0.25, -0.2) is 4.98 Å². The van der Waals surface area contributed by atoms with Crippen molar-refractivity contribution in [1.29, 1.82) is 0 Å². The Balaban J connectivity index is 1.60. The standard InChI is InChI=1S/C22H28N4O3/c1-16-10-13-26(14-11-16)18-8-6-17(7-9-18)24-22(28)20-5-3-4-19(25-20)21(27)23-12-15-29-2/h3-9,16H,10-15H2,1-2H3,(H,23,27)(H,24,28). The number of aromatic nitrogens is 1. The molecule has 1 saturated heterocycles. The highest BCUT2D eigenvalue weighted by atomic mass is 16.5. The van der Waals surface area contributed by atoms with Crippen molar-refractivity contribution in [3.8, 4) is 0 Å². The Kier molecular flexibility index (Phi) is 7.19. The Hall–Kier alpha value is -2.93. The number of nitrogens with one attached hydrogen (secondary N) is 2. The van der Waals surface area contributed by atoms with Crippen molar-refractivity contribution < 1.29 is 14.3 Å². The smallest absolute Gasteiger partial charge is 0.274 e. The number of hydrogen-bond donors (Lipinski definition) is 2. The lowest BCUT2D eigenvalue weighted by molar-refractivity contribution is 0.0932. The summed E-state index contributed by atoms with van der Waals surface area (Å²) in [5, 5.41) is 5.54. The highest BCUT2D eigenvalue weighted by Gasteiger charge is 2.16. The highest BCUT2D eigenvalue weighted by molar-refractivity contribution is 6.03. The number of benzene rings is 1. The van der Waals surface area contributed by atoms with E-state index in [-0.39, 0.29) is 23.2 Å². The van der Waals surface area contributed by atoms with E-state index in [4.69, 9.17) is 4.74 Å². The highest BCUT2D eigenvalue weighted by Crippen LogP contribution is 2.24. The second kappa shape index (κ2) is 10.0. The molecular weight excluding hydrogens is 368 g/mol. The van der Waals surface area contributed by atoms with Gasteiger partial charge in [0.15, 0.2) is 0 Å². The van der Waals surface area contributed by atoms with Crippen molar-refractivity contribution in [2.24, 2.45) is 5.92 Å². The maximum atomic E-state index is 12.5. The van der Waals surface area contributed by atoms with Crippen molar-refractivity contribution in [3.63, 3.8) is 0 Å². The van der Waals surface area contributed by atoms with Gasteiger partial charge in [-0.05, 0) is 55.2 Å². The SMILES string of the molecule is COCCNC(=O)c1cccc(C(=O)Nc2ccc(N3CCC(C)CC3)cc2)n1. The summed E-state index contributed by atoms with van der Waals surface area (Å²) in [6, 6.07) is 12.7. The van der Waals surface area contributed by atoms with Crippen molar-refractivity contribution in [2.75, 3.05) is 43.6 Å². The minimum Gasteiger partial charge on any atom is -0.383 e. The predicted octanol–water partition coefficient (Wildman–Crippen LogP) is 2.95. The molecule has 0 atom stereocenters. The summed E-state index contributed by atoms with van der Waals surface area (Å²) < 4.78 is 4.91. The minimum absolute atomic E-state index is 0.193. The Bertz CT molecular complexity index is 830. The molecule has 2 N–H and O–H groups in total. The first-order valence-electron chi connectivity index (χ1n) is 9.97. The molecular formula is C22H28N4O3. The van der Waals surface area contributed by atoms with Crippen LogP contribution in [-0.4, -0.2) is 50.1 Å². The summed E-state index contributed by atoms with van der Waals surface area (Å²) in [5.74, 6) is 0.100. The number of nitrogens with zero attached hydrogens (tertiary/aromatic N) is 2. The maximum absolute atomic E-state index is 12.5. The van der Waals surface area contributed by atoms with Crippen LogP contribution >= 0.6 is 0 Å². The van der Waals surface area contributed by atoms with Crippen LogP contribution in [0.3, 0.4) is 0 Å². The fourth-order valence-corrected chi connectivity index (χ4v) is 3.26. The van der Waals surface area contributed by atoms with E-state index in [9.17, 15) is 9.59 Å². The first-order chi connectivity index (χ1) is 14.1. The topological polar surface area (TPSA) is 83.6 Å². The molecule has 2 amide bonds. The van der Waals surface area contributed by atoms with E-state index in [1.54, 1.807) is 25.3 Å². The Morgan fingerprint density at radius 1 is 1.07 bits per heavy atom. The molecule has 1 aromatic carbocycles. The van der Waals surface area contributed by atoms with Crippen LogP contribution in [0.15, 0.2) is 42.5 Å². The van der Waals surface area contributed by atoms with Gasteiger partial charge in [-0.15, -0.1) is 0 Å². The Morgan fingerprint density at radius 2 is 1.72 bits per heavy atom. The third-order valence-electron chi connectivity index (χ3n) is 5.08. The second-order valence-corrected chi connectivity index (χ2v) is 7.33. The van der Waals surface area contributed by atoms with Crippen LogP contribution in [-0.2, 0) is 4.74 Å². The van der Waals surface area contributed by atoms with Crippen LogP contribution < -0.4 is 15.5 Å². The summed E-state index contributed by atoms with van der Waals surface area (Å²) in [4.78, 5) is 31.2. The van der Waals surface area contributed by atoms with Gasteiger partial charge in [-0.2, -0.15) is 0 Å². The minimum atomic E-state index is -0.351. The molecule has 29 heavy (non-hydrogen) atoms. The lowest BCUT2D eigenvalue weighted by Gasteiger charge is -2.32. The number of piperidine rings is 1. The lowest BCUT2D eigenvalue weighted by atomic mass is 9.99. The normalized spacial score (nSPS) is 14.5. The van der Waals surface area contributed by atoms with E-state index < -0.39 is 0 Å². The molecule has 0 unspecified atom stereocenters. The van der Waals surface area contributed by atoms with Crippen molar-refractivity contribution in [1.82, 2.24) is 10.3 Å². The second-order valence-electron chi connectivity index (χ2n) is 7.33. The van der Waals surface area contributed by atoms with Crippen LogP contribution in [0.5, 0.6) is 0 Å². The van der Waals surface area contributed by atoms with Gasteiger partial charge in [0.2, 0.25) is 0 Å². The molecule has 0 radical (unpaired) electrons. The molecule has 0 aliphatic carbocycles. The summed E-state index contributed by atoms with van der Waals surface area (Å²) in [6.45, 7) is 5.22. The van der Waals surface area contributed by atoms with Gasteiger partial charge in [0.1, 0.15) is 11.4 Å². The number of pyridine rings is 1. The lowest BCUT2D eigenvalue weighted by Crippen LogP contribution is -2.32. The van der Waals surface area contributed by atoms with Gasteiger partial charge >= 0.3 is 0 Å². The van der Waals surface area contributed by atoms with E-state index in [1.807, 2.05) is 24.3 Å². The number of methoxy groups -OCH3 is 1. The molecule has 7 heteroatoms. The van der Waals surface area contributed by atoms with Gasteiger partial charge < -0.3 is 20.3 Å². The molecule has 1 aliphatic rings. The first-order valence-corrected chi connectivity index (χ1v) is 9.97. The molecule has 0 spiro atoms. The third-order valence-corrected chi connectivity index (χ3v) is 5.08. The predicted molar refractivity (Wildman–Crippen MR) is 113 cm³/mol. The molecule has 154 valence electrons. The van der Waals surface area contributed by atoms with Crippen LogP contribution in [0.4, 0.5) is 11.4 Å². The molecule has 2 aromatic rings. The molecule has 2 heterocycles. The quantitative estimate of drug-likeness (QED) is 0.703. The van der Waals surface area contributed by atoms with Crippen LogP contribution in [0, 0.1) is 5.92 Å². The van der Waals surface area contributed by atoms with E-state index in [1.165, 1.54) is 18.5 Å². The van der Waals surface area contributed by atoms with E-state index in [2.05, 4.69) is 27.4 Å². The van der Waals surface area contributed by atoms with Crippen molar-refractivity contribution in [3.05, 3.63) is 53.9 Å². The molecule has 1 aliphatic heterocycles. The maximum Gasteiger partial charge on any atom is 0.274 e. The van der Waals surface area contributed by atoms with Gasteiger partial charge in [0.25, 0.3) is 11.8 Å². The van der Waals surface area contributed by atoms with Gasteiger partial charge in [-0.1, -0.05) is 13.0 Å². The third kappa shape index (κ3) is 5.77. The summed E-state index contributed by atoms with van der Waals surface area (Å²) in [7, 11) is 1.56. The van der Waals surface area contributed by atoms with Crippen LogP contribution in [0.1, 0.15) is 40.7 Å². The average Bonchev–Trinajstić information content (AvgIpc) is 2.75. The fraction of sp³-hybridized carbons (Fsp3) is 0.409. The van der Waals surface area contributed by atoms with Gasteiger partial charge in [0, 0.05) is 38.1 Å². The first kappa shape index (κ1) is 20.8. The number of carbonyl (C=O) groups is 2. The summed E-state index contributed by atoms with van der Waals surface area (Å²) in [5.41, 5.74) is 2.26. The molecule has 1 aromatic heterocycles. The number of anilines is 2. The zero-order valence-electron chi connectivity index (χ0n) is 17.0. The summed E-state index contributed by atoms with van der Waals surface area (Å²) in [6.07, 6.45) is 2.42. The Morgan fingerprint density at radius 3 is 2.38 bits per heavy atom. The van der Waals surface area contributed by atoms with Crippen LogP contribution in [0.2, 0.25) is 0 Å². The van der Waals surface area contributed by atoms with Crippen LogP contribution in [0.25, 0.3) is 0 Å². The van der Waals surface area contributed by atoms with E-state index >= 15 is 0 Å². The number of amides is 2. The summed E-state index contributed by atoms with van der Waals surface area (Å²) >= 11 is 0. The molecule has 0 saturated carbocycles. The van der Waals surface area contributed by atoms with Gasteiger partial charge in [-0.3, -0.25) is 9.59 Å². The molecule has 1 fully saturated rings. The Labute approximate surface area is 171 Å². The fourth-order valence-electron chi connectivity index (χ4n) is 3.26. The molecule has 0 bridgehead atoms. The zero-order chi connectivity index (χ0) is 20.6. The number of hydrogen-bond acceptors (Lipinski definition) is 5. The van der Waals surface area contributed by atoms with Gasteiger partial charge in [0.05, 0.1) is 6.61 Å². The number of rotatable bonds is 7. The number of ether oxygens (including phenoxy) is 1. The van der Waals surface area contributed by atoms with Crippen molar-refractivity contribution in [2.45, 2.75) is 19.8 Å². The van der Waals surface area contributed by atoms with Crippen molar-refractivity contribution >= 4 is 23.2 Å².